The summed E-state index contributed by atoms with van der Waals surface area (Å²) in [5.74, 6) is -0.188. The fourth-order valence-electron chi connectivity index (χ4n) is 1.53. The molecule has 2 aliphatic rings. The largest absolute Gasteiger partial charge is 0.504 e. The summed E-state index contributed by atoms with van der Waals surface area (Å²) >= 11 is 0. The Kier molecular flexibility index (Phi) is 1.81. The third-order valence-electron chi connectivity index (χ3n) is 2.53. The van der Waals surface area contributed by atoms with Crippen LogP contribution in [-0.4, -0.2) is 9.67 Å². The first kappa shape index (κ1) is 8.81. The van der Waals surface area contributed by atoms with Gasteiger partial charge in [-0.15, -0.1) is 0 Å². The minimum atomic E-state index is -0.328. The summed E-state index contributed by atoms with van der Waals surface area (Å²) < 4.78 is 1.95. The molecule has 0 bridgehead atoms. The fraction of sp³-hybridized carbons (Fsp3) is 0.182. The van der Waals surface area contributed by atoms with E-state index in [1.807, 2.05) is 30.8 Å². The number of pyridine rings is 1. The second kappa shape index (κ2) is 2.87. The number of nitrogens with zero attached hydrogens (tertiary/aromatic N) is 1. The zero-order valence-corrected chi connectivity index (χ0v) is 8.11. The number of hydrogen-bond acceptors (Lipinski definition) is 2. The highest BCUT2D eigenvalue weighted by Gasteiger charge is 2.09. The van der Waals surface area contributed by atoms with Gasteiger partial charge in [-0.25, -0.2) is 0 Å². The van der Waals surface area contributed by atoms with Crippen molar-refractivity contribution in [1.29, 1.82) is 0 Å². The average molecular weight is 189 g/mol. The van der Waals surface area contributed by atoms with Crippen molar-refractivity contribution in [2.45, 2.75) is 6.92 Å². The molecule has 0 aromatic rings. The predicted octanol–water partition coefficient (Wildman–Crippen LogP) is 1.50. The molecule has 2 rings (SSSR count). The van der Waals surface area contributed by atoms with Crippen molar-refractivity contribution in [3.05, 3.63) is 40.3 Å². The number of fused-ring (bicyclic) bond motifs is 1. The van der Waals surface area contributed by atoms with Gasteiger partial charge in [0.15, 0.2) is 5.75 Å². The standard InChI is InChI=1S/C11H11NO2/c1-7-9-6-11(14)10(13)5-8(9)3-4-12(7)2/h3-6,14H,1-2H3. The lowest BCUT2D eigenvalue weighted by molar-refractivity contribution is 0.470. The molecule has 1 heterocycles. The maximum Gasteiger partial charge on any atom is 0.220 e. The summed E-state index contributed by atoms with van der Waals surface area (Å²) in [5, 5.41) is 9.31. The van der Waals surface area contributed by atoms with Crippen molar-refractivity contribution in [3.63, 3.8) is 0 Å². The van der Waals surface area contributed by atoms with Crippen LogP contribution in [0.3, 0.4) is 0 Å². The number of aromatic hydroxyl groups is 1. The van der Waals surface area contributed by atoms with Gasteiger partial charge < -0.3 is 9.67 Å². The minimum absolute atomic E-state index is 0.188. The average Bonchev–Trinajstić information content (AvgIpc) is 2.15. The van der Waals surface area contributed by atoms with E-state index in [1.165, 1.54) is 12.1 Å². The Hall–Kier alpha value is -1.77. The molecule has 72 valence electrons. The highest BCUT2D eigenvalue weighted by atomic mass is 16.3. The number of rotatable bonds is 0. The van der Waals surface area contributed by atoms with E-state index in [2.05, 4.69) is 0 Å². The summed E-state index contributed by atoms with van der Waals surface area (Å²) in [7, 11) is 1.93. The van der Waals surface area contributed by atoms with Gasteiger partial charge in [0.2, 0.25) is 5.43 Å². The molecule has 1 aliphatic carbocycles. The van der Waals surface area contributed by atoms with Gasteiger partial charge in [0.05, 0.1) is 0 Å². The van der Waals surface area contributed by atoms with Gasteiger partial charge in [0.1, 0.15) is 0 Å². The third-order valence-corrected chi connectivity index (χ3v) is 2.53. The van der Waals surface area contributed by atoms with E-state index in [0.29, 0.717) is 0 Å². The molecular weight excluding hydrogens is 178 g/mol. The molecule has 0 fully saturated rings. The van der Waals surface area contributed by atoms with E-state index in [-0.39, 0.29) is 11.2 Å². The molecule has 3 heteroatoms. The molecule has 0 radical (unpaired) electrons. The molecule has 0 spiro atoms. The van der Waals surface area contributed by atoms with Crippen molar-refractivity contribution in [2.75, 3.05) is 0 Å². The first-order valence-electron chi connectivity index (χ1n) is 4.38. The lowest BCUT2D eigenvalue weighted by Gasteiger charge is -2.12. The summed E-state index contributed by atoms with van der Waals surface area (Å²) in [6, 6.07) is 4.84. The number of aromatic nitrogens is 1. The van der Waals surface area contributed by atoms with Crippen LogP contribution >= 0.6 is 0 Å². The molecule has 0 saturated heterocycles. The highest BCUT2D eigenvalue weighted by molar-refractivity contribution is 5.68. The maximum absolute atomic E-state index is 11.2. The quantitative estimate of drug-likeness (QED) is 0.682. The van der Waals surface area contributed by atoms with Gasteiger partial charge in [-0.05, 0) is 30.7 Å². The molecule has 0 amide bonds. The zero-order valence-electron chi connectivity index (χ0n) is 8.11. The third kappa shape index (κ3) is 1.18. The minimum Gasteiger partial charge on any atom is -0.504 e. The van der Waals surface area contributed by atoms with Crippen LogP contribution < -0.4 is 5.43 Å². The maximum atomic E-state index is 11.2. The SMILES string of the molecule is Cc1c2cc(O)c(=O)cc-2ccn1C. The van der Waals surface area contributed by atoms with Crippen molar-refractivity contribution < 1.29 is 5.11 Å². The van der Waals surface area contributed by atoms with Gasteiger partial charge in [0, 0.05) is 24.5 Å². The van der Waals surface area contributed by atoms with Crippen LogP contribution in [0.1, 0.15) is 5.69 Å². The van der Waals surface area contributed by atoms with E-state index in [4.69, 9.17) is 0 Å². The Morgan fingerprint density at radius 1 is 1.36 bits per heavy atom. The normalized spacial score (nSPS) is 10.7. The Morgan fingerprint density at radius 2 is 2.07 bits per heavy atom. The van der Waals surface area contributed by atoms with Gasteiger partial charge in [-0.3, -0.25) is 4.79 Å². The molecule has 14 heavy (non-hydrogen) atoms. The molecule has 0 aromatic heterocycles. The first-order chi connectivity index (χ1) is 6.59. The van der Waals surface area contributed by atoms with Gasteiger partial charge in [-0.2, -0.15) is 0 Å². The van der Waals surface area contributed by atoms with Crippen molar-refractivity contribution in [1.82, 2.24) is 4.57 Å². The lowest BCUT2D eigenvalue weighted by atomic mass is 10.0. The fourth-order valence-corrected chi connectivity index (χ4v) is 1.53. The van der Waals surface area contributed by atoms with Gasteiger partial charge >= 0.3 is 0 Å². The molecule has 0 unspecified atom stereocenters. The van der Waals surface area contributed by atoms with Crippen LogP contribution in [0.4, 0.5) is 0 Å². The Morgan fingerprint density at radius 3 is 2.79 bits per heavy atom. The molecule has 0 saturated carbocycles. The lowest BCUT2D eigenvalue weighted by Crippen LogP contribution is -2.04. The number of benzene rings is 1. The Labute approximate surface area is 81.6 Å². The summed E-state index contributed by atoms with van der Waals surface area (Å²) in [5.41, 5.74) is 2.47. The van der Waals surface area contributed by atoms with Crippen LogP contribution in [0.5, 0.6) is 5.75 Å². The Balaban J connectivity index is 2.90. The molecule has 1 N–H and O–H groups in total. The Bertz CT molecular complexity index is 514. The number of aryl methyl sites for hydroxylation is 1. The topological polar surface area (TPSA) is 42.2 Å². The van der Waals surface area contributed by atoms with Crippen molar-refractivity contribution in [3.8, 4) is 16.9 Å². The first-order valence-corrected chi connectivity index (χ1v) is 4.38. The molecular formula is C11H11NO2. The zero-order chi connectivity index (χ0) is 10.3. The van der Waals surface area contributed by atoms with E-state index in [0.717, 1.165) is 16.8 Å². The predicted molar refractivity (Wildman–Crippen MR) is 54.7 cm³/mol. The second-order valence-electron chi connectivity index (χ2n) is 3.42. The van der Waals surface area contributed by atoms with Crippen LogP contribution in [0, 0.1) is 6.92 Å². The molecule has 0 aromatic carbocycles. The molecule has 3 nitrogen and oxygen atoms in total. The smallest absolute Gasteiger partial charge is 0.220 e. The summed E-state index contributed by atoms with van der Waals surface area (Å²) in [6.07, 6.45) is 1.90. The van der Waals surface area contributed by atoms with Gasteiger partial charge in [0.25, 0.3) is 0 Å². The number of phenolic OH excluding ortho intramolecular Hbond substituents is 1. The summed E-state index contributed by atoms with van der Waals surface area (Å²) in [6.45, 7) is 1.95. The van der Waals surface area contributed by atoms with E-state index in [1.54, 1.807) is 0 Å². The van der Waals surface area contributed by atoms with Crippen LogP contribution in [0.15, 0.2) is 29.2 Å². The molecule has 0 atom stereocenters. The highest BCUT2D eigenvalue weighted by Crippen LogP contribution is 2.25. The summed E-state index contributed by atoms with van der Waals surface area (Å²) in [4.78, 5) is 11.2. The van der Waals surface area contributed by atoms with E-state index < -0.39 is 0 Å². The van der Waals surface area contributed by atoms with E-state index in [9.17, 15) is 9.90 Å². The van der Waals surface area contributed by atoms with Crippen molar-refractivity contribution >= 4 is 0 Å². The second-order valence-corrected chi connectivity index (χ2v) is 3.42. The number of phenols is 1. The van der Waals surface area contributed by atoms with E-state index >= 15 is 0 Å². The molecule has 1 aliphatic heterocycles. The van der Waals surface area contributed by atoms with Crippen molar-refractivity contribution in [2.24, 2.45) is 7.05 Å². The number of hydrogen-bond donors (Lipinski definition) is 1. The monoisotopic (exact) mass is 189 g/mol. The van der Waals surface area contributed by atoms with Gasteiger partial charge in [-0.1, -0.05) is 0 Å². The van der Waals surface area contributed by atoms with Crippen LogP contribution in [0.2, 0.25) is 0 Å². The van der Waals surface area contributed by atoms with Crippen LogP contribution in [0.25, 0.3) is 11.1 Å². The van der Waals surface area contributed by atoms with Crippen LogP contribution in [-0.2, 0) is 7.05 Å².